The normalized spacial score (nSPS) is 20.0. The van der Waals surface area contributed by atoms with Gasteiger partial charge < -0.3 is 10.2 Å². The number of likely N-dealkylation sites (N-methyl/N-ethyl adjacent to an activating group) is 1. The molecule has 0 radical (unpaired) electrons. The molecule has 6 heteroatoms. The maximum atomic E-state index is 12.5. The second-order valence-electron chi connectivity index (χ2n) is 5.74. The average Bonchev–Trinajstić information content (AvgIpc) is 2.82. The van der Waals surface area contributed by atoms with Gasteiger partial charge in [-0.2, -0.15) is 0 Å². The molecule has 1 aliphatic rings. The van der Waals surface area contributed by atoms with Gasteiger partial charge in [-0.3, -0.25) is 0 Å². The third-order valence-corrected chi connectivity index (χ3v) is 5.43. The predicted octanol–water partition coefficient (Wildman–Crippen LogP) is 1.09. The minimum Gasteiger partial charge on any atom is -0.313 e. The fraction of sp³-hybridized carbons (Fsp3) is 0.600. The van der Waals surface area contributed by atoms with E-state index >= 15 is 0 Å². The van der Waals surface area contributed by atoms with E-state index in [4.69, 9.17) is 0 Å². The maximum absolute atomic E-state index is 12.5. The van der Waals surface area contributed by atoms with Gasteiger partial charge >= 0.3 is 0 Å². The highest BCUT2D eigenvalue weighted by Crippen LogP contribution is 2.17. The van der Waals surface area contributed by atoms with Crippen molar-refractivity contribution >= 4 is 10.0 Å². The summed E-state index contributed by atoms with van der Waals surface area (Å²) in [5.41, 5.74) is 2.14. The Morgan fingerprint density at radius 3 is 2.76 bits per heavy atom. The SMILES string of the molecule is CCNCc1cc(S(=O)(=O)NC2CCN(C)C2)ccc1C. The lowest BCUT2D eigenvalue weighted by atomic mass is 10.1. The van der Waals surface area contributed by atoms with Gasteiger partial charge in [-0.05, 0) is 56.7 Å². The molecule has 2 N–H and O–H groups in total. The van der Waals surface area contributed by atoms with Crippen LogP contribution < -0.4 is 10.0 Å². The van der Waals surface area contributed by atoms with Crippen LogP contribution in [0.5, 0.6) is 0 Å². The number of nitrogens with one attached hydrogen (secondary N) is 2. The molecule has 1 atom stereocenters. The Morgan fingerprint density at radius 1 is 1.38 bits per heavy atom. The summed E-state index contributed by atoms with van der Waals surface area (Å²) in [5, 5.41) is 3.24. The van der Waals surface area contributed by atoms with Gasteiger partial charge in [-0.1, -0.05) is 13.0 Å². The highest BCUT2D eigenvalue weighted by atomic mass is 32.2. The molecule has 1 aromatic carbocycles. The Kier molecular flexibility index (Phi) is 5.37. The van der Waals surface area contributed by atoms with Gasteiger partial charge in [0.15, 0.2) is 0 Å². The molecule has 1 aliphatic heterocycles. The Hall–Kier alpha value is -0.950. The van der Waals surface area contributed by atoms with Crippen LogP contribution >= 0.6 is 0 Å². The number of hydrogen-bond donors (Lipinski definition) is 2. The van der Waals surface area contributed by atoms with E-state index in [0.29, 0.717) is 11.4 Å². The average molecular weight is 311 g/mol. The third kappa shape index (κ3) is 4.26. The zero-order valence-electron chi connectivity index (χ0n) is 13.0. The molecule has 0 saturated carbocycles. The van der Waals surface area contributed by atoms with Crippen molar-refractivity contribution in [2.75, 3.05) is 26.7 Å². The van der Waals surface area contributed by atoms with Crippen LogP contribution in [0.2, 0.25) is 0 Å². The Bertz CT molecular complexity index is 587. The summed E-state index contributed by atoms with van der Waals surface area (Å²) in [6.45, 7) is 7.31. The van der Waals surface area contributed by atoms with Gasteiger partial charge in [0.1, 0.15) is 0 Å². The second-order valence-corrected chi connectivity index (χ2v) is 7.45. The zero-order chi connectivity index (χ0) is 15.5. The van der Waals surface area contributed by atoms with Crippen LogP contribution in [0.1, 0.15) is 24.5 Å². The molecule has 1 aromatic rings. The monoisotopic (exact) mass is 311 g/mol. The number of nitrogens with zero attached hydrogens (tertiary/aromatic N) is 1. The van der Waals surface area contributed by atoms with Crippen molar-refractivity contribution < 1.29 is 8.42 Å². The van der Waals surface area contributed by atoms with Gasteiger partial charge in [0, 0.05) is 19.1 Å². The van der Waals surface area contributed by atoms with E-state index in [1.54, 1.807) is 12.1 Å². The summed E-state index contributed by atoms with van der Waals surface area (Å²) < 4.78 is 27.8. The van der Waals surface area contributed by atoms with Crippen molar-refractivity contribution in [1.82, 2.24) is 14.9 Å². The quantitative estimate of drug-likeness (QED) is 0.825. The molecule has 0 aromatic heterocycles. The van der Waals surface area contributed by atoms with E-state index in [9.17, 15) is 8.42 Å². The molecule has 5 nitrogen and oxygen atoms in total. The van der Waals surface area contributed by atoms with Gasteiger partial charge in [0.2, 0.25) is 10.0 Å². The molecule has 0 spiro atoms. The van der Waals surface area contributed by atoms with E-state index in [0.717, 1.165) is 37.2 Å². The largest absolute Gasteiger partial charge is 0.313 e. The molecular weight excluding hydrogens is 286 g/mol. The molecular formula is C15H25N3O2S. The number of hydrogen-bond acceptors (Lipinski definition) is 4. The fourth-order valence-electron chi connectivity index (χ4n) is 2.58. The minimum absolute atomic E-state index is 0.0125. The highest BCUT2D eigenvalue weighted by molar-refractivity contribution is 7.89. The molecule has 21 heavy (non-hydrogen) atoms. The van der Waals surface area contributed by atoms with Crippen molar-refractivity contribution in [3.63, 3.8) is 0 Å². The number of aryl methyl sites for hydroxylation is 1. The lowest BCUT2D eigenvalue weighted by molar-refractivity contribution is 0.407. The van der Waals surface area contributed by atoms with E-state index in [-0.39, 0.29) is 6.04 Å². The highest BCUT2D eigenvalue weighted by Gasteiger charge is 2.25. The van der Waals surface area contributed by atoms with E-state index in [1.165, 1.54) is 0 Å². The smallest absolute Gasteiger partial charge is 0.240 e. The van der Waals surface area contributed by atoms with Gasteiger partial charge in [0.25, 0.3) is 0 Å². The van der Waals surface area contributed by atoms with Crippen molar-refractivity contribution in [3.05, 3.63) is 29.3 Å². The number of benzene rings is 1. The van der Waals surface area contributed by atoms with Crippen LogP contribution in [-0.2, 0) is 16.6 Å². The number of likely N-dealkylation sites (tertiary alicyclic amines) is 1. The standard InChI is InChI=1S/C15H25N3O2S/c1-4-16-10-13-9-15(6-5-12(13)2)21(19,20)17-14-7-8-18(3)11-14/h5-6,9,14,16-17H,4,7-8,10-11H2,1-3H3. The molecule has 0 amide bonds. The first kappa shape index (κ1) is 16.4. The molecule has 1 unspecified atom stereocenters. The summed E-state index contributed by atoms with van der Waals surface area (Å²) in [6.07, 6.45) is 0.867. The second kappa shape index (κ2) is 6.87. The first-order chi connectivity index (χ1) is 9.92. The third-order valence-electron chi connectivity index (χ3n) is 3.91. The summed E-state index contributed by atoms with van der Waals surface area (Å²) in [7, 11) is -1.43. The molecule has 1 heterocycles. The van der Waals surface area contributed by atoms with Gasteiger partial charge in [-0.15, -0.1) is 0 Å². The van der Waals surface area contributed by atoms with Gasteiger partial charge in [0.05, 0.1) is 4.90 Å². The van der Waals surface area contributed by atoms with Crippen LogP contribution in [0.4, 0.5) is 0 Å². The lowest BCUT2D eigenvalue weighted by Crippen LogP contribution is -2.36. The summed E-state index contributed by atoms with van der Waals surface area (Å²) >= 11 is 0. The molecule has 0 aliphatic carbocycles. The first-order valence-corrected chi connectivity index (χ1v) is 8.92. The first-order valence-electron chi connectivity index (χ1n) is 7.43. The Morgan fingerprint density at radius 2 is 2.14 bits per heavy atom. The lowest BCUT2D eigenvalue weighted by Gasteiger charge is -2.15. The van der Waals surface area contributed by atoms with Crippen LogP contribution in [0.15, 0.2) is 23.1 Å². The van der Waals surface area contributed by atoms with Crippen molar-refractivity contribution in [3.8, 4) is 0 Å². The fourth-order valence-corrected chi connectivity index (χ4v) is 3.90. The van der Waals surface area contributed by atoms with Crippen LogP contribution in [0, 0.1) is 6.92 Å². The van der Waals surface area contributed by atoms with Crippen molar-refractivity contribution in [1.29, 1.82) is 0 Å². The molecule has 0 bridgehead atoms. The van der Waals surface area contributed by atoms with E-state index < -0.39 is 10.0 Å². The Labute approximate surface area is 127 Å². The summed E-state index contributed by atoms with van der Waals surface area (Å²) in [6, 6.07) is 5.35. The van der Waals surface area contributed by atoms with Gasteiger partial charge in [-0.25, -0.2) is 13.1 Å². The molecule has 1 fully saturated rings. The number of rotatable bonds is 6. The maximum Gasteiger partial charge on any atom is 0.240 e. The zero-order valence-corrected chi connectivity index (χ0v) is 13.8. The van der Waals surface area contributed by atoms with Crippen molar-refractivity contribution in [2.45, 2.75) is 37.8 Å². The Balaban J connectivity index is 2.15. The van der Waals surface area contributed by atoms with Crippen LogP contribution in [0.25, 0.3) is 0 Å². The van der Waals surface area contributed by atoms with E-state index in [1.807, 2.05) is 27.0 Å². The molecule has 2 rings (SSSR count). The van der Waals surface area contributed by atoms with E-state index in [2.05, 4.69) is 14.9 Å². The van der Waals surface area contributed by atoms with Crippen molar-refractivity contribution in [2.24, 2.45) is 0 Å². The topological polar surface area (TPSA) is 61.4 Å². The predicted molar refractivity (Wildman–Crippen MR) is 84.8 cm³/mol. The van der Waals surface area contributed by atoms with Crippen LogP contribution in [-0.4, -0.2) is 46.0 Å². The molecule has 1 saturated heterocycles. The summed E-state index contributed by atoms with van der Waals surface area (Å²) in [5.74, 6) is 0. The molecule has 118 valence electrons. The minimum atomic E-state index is -3.44. The van der Waals surface area contributed by atoms with Crippen LogP contribution in [0.3, 0.4) is 0 Å². The summed E-state index contributed by atoms with van der Waals surface area (Å²) in [4.78, 5) is 2.49. The number of sulfonamides is 1.